The first kappa shape index (κ1) is 21.6. The molecule has 0 bridgehead atoms. The number of carbonyl (C=O) groups excluding carboxylic acids is 3. The predicted molar refractivity (Wildman–Crippen MR) is 95.8 cm³/mol. The molecule has 0 aromatic heterocycles. The summed E-state index contributed by atoms with van der Waals surface area (Å²) in [5.74, 6) is -2.06. The monoisotopic (exact) mass is 385 g/mol. The van der Waals surface area contributed by atoms with Gasteiger partial charge < -0.3 is 18.9 Å². The summed E-state index contributed by atoms with van der Waals surface area (Å²) in [5, 5.41) is 0. The lowest BCUT2D eigenvalue weighted by Crippen LogP contribution is -2.48. The summed E-state index contributed by atoms with van der Waals surface area (Å²) in [6.45, 7) is 14.0. The average Bonchev–Trinajstić information content (AvgIpc) is 2.90. The van der Waals surface area contributed by atoms with Crippen LogP contribution in [0.3, 0.4) is 0 Å². The van der Waals surface area contributed by atoms with Crippen molar-refractivity contribution in [2.75, 3.05) is 0 Å². The number of hydrogen-bond acceptors (Lipinski definition) is 7. The second kappa shape index (κ2) is 7.05. The first-order valence-electron chi connectivity index (χ1n) is 9.29. The van der Waals surface area contributed by atoms with Gasteiger partial charge in [0.2, 0.25) is 0 Å². The van der Waals surface area contributed by atoms with Crippen LogP contribution in [0.2, 0.25) is 0 Å². The molecule has 0 unspecified atom stereocenters. The molecule has 0 spiro atoms. The zero-order valence-corrected chi connectivity index (χ0v) is 17.5. The third kappa shape index (κ3) is 4.99. The number of carbonyl (C=O) groups is 3. The maximum Gasteiger partial charge on any atom is 0.417 e. The van der Waals surface area contributed by atoms with Crippen molar-refractivity contribution < 1.29 is 33.3 Å². The number of likely N-dealkylation sites (tertiary alicyclic amines) is 1. The van der Waals surface area contributed by atoms with Crippen LogP contribution in [0.4, 0.5) is 4.79 Å². The van der Waals surface area contributed by atoms with Crippen LogP contribution in [0.25, 0.3) is 0 Å². The van der Waals surface area contributed by atoms with E-state index in [0.29, 0.717) is 6.42 Å². The number of nitrogens with zero attached hydrogens (tertiary/aromatic N) is 1. The number of amides is 2. The second-order valence-electron chi connectivity index (χ2n) is 9.07. The standard InChI is InChI=1S/C19H31NO7/c1-9-18(5,6)27-16(23)20-11(10-12(21)24-17(2,3)4)13-14(15(20)22)26-19(7,8)25-13/h11,13-14H,9-10H2,1-8H3/t11-,13+,14+/m1/s1. The van der Waals surface area contributed by atoms with E-state index in [9.17, 15) is 14.4 Å². The van der Waals surface area contributed by atoms with E-state index < -0.39 is 53.2 Å². The largest absolute Gasteiger partial charge is 0.460 e. The highest BCUT2D eigenvalue weighted by molar-refractivity contribution is 5.98. The lowest BCUT2D eigenvalue weighted by Gasteiger charge is -2.31. The van der Waals surface area contributed by atoms with Crippen LogP contribution in [0, 0.1) is 0 Å². The summed E-state index contributed by atoms with van der Waals surface area (Å²) < 4.78 is 22.3. The molecule has 2 rings (SSSR count). The molecular formula is C19H31NO7. The molecule has 0 aromatic carbocycles. The Kier molecular flexibility index (Phi) is 5.65. The molecular weight excluding hydrogens is 354 g/mol. The van der Waals surface area contributed by atoms with E-state index in [1.807, 2.05) is 6.92 Å². The van der Waals surface area contributed by atoms with Gasteiger partial charge in [0, 0.05) is 0 Å². The van der Waals surface area contributed by atoms with Crippen LogP contribution >= 0.6 is 0 Å². The Morgan fingerprint density at radius 1 is 1.11 bits per heavy atom. The molecule has 2 fully saturated rings. The predicted octanol–water partition coefficient (Wildman–Crippen LogP) is 2.77. The van der Waals surface area contributed by atoms with Crippen molar-refractivity contribution in [3.8, 4) is 0 Å². The Hall–Kier alpha value is -1.67. The van der Waals surface area contributed by atoms with Crippen LogP contribution in [0.5, 0.6) is 0 Å². The smallest absolute Gasteiger partial charge is 0.417 e. The van der Waals surface area contributed by atoms with E-state index in [0.717, 1.165) is 4.90 Å². The SMILES string of the molecule is CCC(C)(C)OC(=O)N1C(=O)[C@H]2OC(C)(C)O[C@H]2[C@H]1CC(=O)OC(C)(C)C. The highest BCUT2D eigenvalue weighted by Gasteiger charge is 2.60. The summed E-state index contributed by atoms with van der Waals surface area (Å²) in [4.78, 5) is 38.9. The number of imide groups is 1. The molecule has 2 amide bonds. The number of ether oxygens (including phenoxy) is 4. The maximum atomic E-state index is 12.8. The Morgan fingerprint density at radius 2 is 1.70 bits per heavy atom. The van der Waals surface area contributed by atoms with Gasteiger partial charge in [-0.1, -0.05) is 6.92 Å². The first-order valence-corrected chi connectivity index (χ1v) is 9.29. The average molecular weight is 385 g/mol. The van der Waals surface area contributed by atoms with Gasteiger partial charge in [-0.15, -0.1) is 0 Å². The Labute approximate surface area is 160 Å². The normalized spacial score (nSPS) is 27.5. The highest BCUT2D eigenvalue weighted by Crippen LogP contribution is 2.39. The van der Waals surface area contributed by atoms with Crippen molar-refractivity contribution in [1.29, 1.82) is 0 Å². The molecule has 27 heavy (non-hydrogen) atoms. The molecule has 2 aliphatic heterocycles. The van der Waals surface area contributed by atoms with Gasteiger partial charge in [-0.3, -0.25) is 9.59 Å². The van der Waals surface area contributed by atoms with Crippen LogP contribution in [0.1, 0.15) is 68.2 Å². The molecule has 2 heterocycles. The number of hydrogen-bond donors (Lipinski definition) is 0. The topological polar surface area (TPSA) is 91.4 Å². The third-order valence-electron chi connectivity index (χ3n) is 4.53. The molecule has 8 nitrogen and oxygen atoms in total. The van der Waals surface area contributed by atoms with Gasteiger partial charge in [0.05, 0.1) is 12.5 Å². The fraction of sp³-hybridized carbons (Fsp3) is 0.842. The molecule has 2 aliphatic rings. The number of rotatable bonds is 4. The third-order valence-corrected chi connectivity index (χ3v) is 4.53. The molecule has 0 N–H and O–H groups in total. The fourth-order valence-corrected chi connectivity index (χ4v) is 3.05. The second-order valence-corrected chi connectivity index (χ2v) is 9.07. The van der Waals surface area contributed by atoms with Crippen LogP contribution in [0.15, 0.2) is 0 Å². The molecule has 8 heteroatoms. The van der Waals surface area contributed by atoms with Crippen LogP contribution in [-0.2, 0) is 28.5 Å². The van der Waals surface area contributed by atoms with Crippen LogP contribution in [-0.4, -0.2) is 58.1 Å². The summed E-state index contributed by atoms with van der Waals surface area (Å²) in [7, 11) is 0. The van der Waals surface area contributed by atoms with Gasteiger partial charge >= 0.3 is 12.1 Å². The van der Waals surface area contributed by atoms with E-state index in [1.54, 1.807) is 48.5 Å². The van der Waals surface area contributed by atoms with Crippen LogP contribution < -0.4 is 0 Å². The molecule has 0 aliphatic carbocycles. The molecule has 2 saturated heterocycles. The summed E-state index contributed by atoms with van der Waals surface area (Å²) >= 11 is 0. The highest BCUT2D eigenvalue weighted by atomic mass is 16.8. The molecule has 0 saturated carbocycles. The van der Waals surface area contributed by atoms with Crippen molar-refractivity contribution >= 4 is 18.0 Å². The van der Waals surface area contributed by atoms with Crippen molar-refractivity contribution in [2.45, 2.75) is 103 Å². The minimum absolute atomic E-state index is 0.189. The van der Waals surface area contributed by atoms with E-state index in [1.165, 1.54) is 0 Å². The van der Waals surface area contributed by atoms with Gasteiger partial charge in [0.25, 0.3) is 5.91 Å². The fourth-order valence-electron chi connectivity index (χ4n) is 3.05. The minimum Gasteiger partial charge on any atom is -0.460 e. The summed E-state index contributed by atoms with van der Waals surface area (Å²) in [5.41, 5.74) is -1.42. The zero-order valence-electron chi connectivity index (χ0n) is 17.5. The van der Waals surface area contributed by atoms with Crippen molar-refractivity contribution in [3.63, 3.8) is 0 Å². The lowest BCUT2D eigenvalue weighted by atomic mass is 10.1. The van der Waals surface area contributed by atoms with Crippen molar-refractivity contribution in [2.24, 2.45) is 0 Å². The Balaban J connectivity index is 2.26. The molecule has 3 atom stereocenters. The quantitative estimate of drug-likeness (QED) is 0.687. The maximum absolute atomic E-state index is 12.8. The summed E-state index contributed by atoms with van der Waals surface area (Å²) in [6.07, 6.45) is -2.13. The van der Waals surface area contributed by atoms with E-state index in [4.69, 9.17) is 18.9 Å². The van der Waals surface area contributed by atoms with E-state index >= 15 is 0 Å². The van der Waals surface area contributed by atoms with Gasteiger partial charge in [-0.05, 0) is 54.9 Å². The lowest BCUT2D eigenvalue weighted by molar-refractivity contribution is -0.175. The van der Waals surface area contributed by atoms with Gasteiger partial charge in [0.1, 0.15) is 17.3 Å². The van der Waals surface area contributed by atoms with E-state index in [-0.39, 0.29) is 6.42 Å². The Bertz CT molecular complexity index is 620. The van der Waals surface area contributed by atoms with Gasteiger partial charge in [-0.25, -0.2) is 9.69 Å². The Morgan fingerprint density at radius 3 is 2.22 bits per heavy atom. The zero-order chi connectivity index (χ0) is 20.8. The minimum atomic E-state index is -0.976. The van der Waals surface area contributed by atoms with E-state index in [2.05, 4.69) is 0 Å². The summed E-state index contributed by atoms with van der Waals surface area (Å²) in [6, 6.07) is -0.848. The van der Waals surface area contributed by atoms with Crippen molar-refractivity contribution in [1.82, 2.24) is 4.90 Å². The van der Waals surface area contributed by atoms with Crippen molar-refractivity contribution in [3.05, 3.63) is 0 Å². The van der Waals surface area contributed by atoms with Gasteiger partial charge in [-0.2, -0.15) is 0 Å². The number of esters is 1. The first-order chi connectivity index (χ1) is 12.2. The molecule has 0 aromatic rings. The number of fused-ring (bicyclic) bond motifs is 1. The molecule has 154 valence electrons. The van der Waals surface area contributed by atoms with Gasteiger partial charge in [0.15, 0.2) is 11.9 Å². The molecule has 0 radical (unpaired) electrons.